The first-order valence-electron chi connectivity index (χ1n) is 8.90. The summed E-state index contributed by atoms with van der Waals surface area (Å²) in [6.07, 6.45) is 0.960. The maximum atomic E-state index is 12.5. The zero-order chi connectivity index (χ0) is 17.9. The average Bonchev–Trinajstić information content (AvgIpc) is 3.10. The lowest BCUT2D eigenvalue weighted by atomic mass is 10.0. The molecule has 132 valence electrons. The van der Waals surface area contributed by atoms with Crippen molar-refractivity contribution in [1.29, 1.82) is 0 Å². The van der Waals surface area contributed by atoms with Crippen LogP contribution in [0.5, 0.6) is 0 Å². The average molecular weight is 363 g/mol. The van der Waals surface area contributed by atoms with E-state index in [9.17, 15) is 4.79 Å². The van der Waals surface area contributed by atoms with Crippen LogP contribution in [0.2, 0.25) is 0 Å². The summed E-state index contributed by atoms with van der Waals surface area (Å²) in [6.45, 7) is 5.20. The van der Waals surface area contributed by atoms with Crippen LogP contribution in [0.4, 0.5) is 5.13 Å². The highest BCUT2D eigenvalue weighted by Crippen LogP contribution is 2.28. The summed E-state index contributed by atoms with van der Waals surface area (Å²) >= 11 is 1.59. The van der Waals surface area contributed by atoms with Crippen LogP contribution in [0.25, 0.3) is 11.1 Å². The van der Waals surface area contributed by atoms with Crippen molar-refractivity contribution in [3.63, 3.8) is 0 Å². The number of rotatable bonds is 4. The van der Waals surface area contributed by atoms with Gasteiger partial charge >= 0.3 is 0 Å². The number of hydrogen-bond donors (Lipinski definition) is 1. The van der Waals surface area contributed by atoms with Gasteiger partial charge in [-0.25, -0.2) is 4.98 Å². The highest BCUT2D eigenvalue weighted by molar-refractivity contribution is 7.15. The van der Waals surface area contributed by atoms with Gasteiger partial charge in [-0.1, -0.05) is 49.4 Å². The first kappa shape index (κ1) is 16.9. The molecule has 1 amide bonds. The number of hydrogen-bond acceptors (Lipinski definition) is 4. The summed E-state index contributed by atoms with van der Waals surface area (Å²) in [5.74, 6) is -0.108. The molecule has 0 saturated carbocycles. The Morgan fingerprint density at radius 1 is 1.12 bits per heavy atom. The van der Waals surface area contributed by atoms with Gasteiger partial charge in [0.25, 0.3) is 5.91 Å². The van der Waals surface area contributed by atoms with E-state index in [-0.39, 0.29) is 5.91 Å². The largest absolute Gasteiger partial charge is 0.298 e. The predicted molar refractivity (Wildman–Crippen MR) is 107 cm³/mol. The number of nitrogens with one attached hydrogen (secondary N) is 1. The van der Waals surface area contributed by atoms with Gasteiger partial charge in [-0.05, 0) is 29.8 Å². The Kier molecular flexibility index (Phi) is 4.82. The van der Waals surface area contributed by atoms with Crippen molar-refractivity contribution >= 4 is 22.4 Å². The zero-order valence-electron chi connectivity index (χ0n) is 14.7. The number of fused-ring (bicyclic) bond motifs is 1. The summed E-state index contributed by atoms with van der Waals surface area (Å²) in [5, 5.41) is 3.66. The molecule has 4 nitrogen and oxygen atoms in total. The van der Waals surface area contributed by atoms with E-state index in [0.717, 1.165) is 42.9 Å². The number of amides is 1. The van der Waals surface area contributed by atoms with Gasteiger partial charge in [0.05, 0.1) is 5.69 Å². The van der Waals surface area contributed by atoms with E-state index in [2.05, 4.69) is 34.3 Å². The number of nitrogens with zero attached hydrogens (tertiary/aromatic N) is 2. The Hall–Kier alpha value is -2.50. The van der Waals surface area contributed by atoms with Gasteiger partial charge in [0.2, 0.25) is 0 Å². The number of aromatic nitrogens is 1. The van der Waals surface area contributed by atoms with Gasteiger partial charge in [0.1, 0.15) is 0 Å². The third-order valence-corrected chi connectivity index (χ3v) is 5.73. The van der Waals surface area contributed by atoms with Crippen LogP contribution >= 0.6 is 11.3 Å². The molecule has 0 fully saturated rings. The number of thiazole rings is 1. The second kappa shape index (κ2) is 7.40. The minimum absolute atomic E-state index is 0.108. The maximum Gasteiger partial charge on any atom is 0.257 e. The Labute approximate surface area is 157 Å². The third-order valence-electron chi connectivity index (χ3n) is 4.73. The topological polar surface area (TPSA) is 45.2 Å². The fraction of sp³-hybridized carbons (Fsp3) is 0.238. The van der Waals surface area contributed by atoms with Crippen LogP contribution < -0.4 is 5.32 Å². The molecule has 0 bridgehead atoms. The first-order valence-corrected chi connectivity index (χ1v) is 9.72. The molecule has 0 aliphatic carbocycles. The van der Waals surface area contributed by atoms with Crippen molar-refractivity contribution < 1.29 is 4.79 Å². The molecule has 1 aromatic heterocycles. The molecular formula is C21H21N3OS. The van der Waals surface area contributed by atoms with Crippen LogP contribution in [0.1, 0.15) is 27.9 Å². The highest BCUT2D eigenvalue weighted by Gasteiger charge is 2.20. The molecule has 0 saturated heterocycles. The summed E-state index contributed by atoms with van der Waals surface area (Å²) in [7, 11) is 0. The number of carbonyl (C=O) groups is 1. The number of benzene rings is 2. The fourth-order valence-electron chi connectivity index (χ4n) is 3.19. The Morgan fingerprint density at radius 2 is 1.85 bits per heavy atom. The van der Waals surface area contributed by atoms with E-state index < -0.39 is 0 Å². The number of likely N-dealkylation sites (N-methyl/N-ethyl adjacent to an activating group) is 1. The lowest BCUT2D eigenvalue weighted by molar-refractivity contribution is 0.102. The van der Waals surface area contributed by atoms with E-state index in [4.69, 9.17) is 0 Å². The third kappa shape index (κ3) is 3.54. The summed E-state index contributed by atoms with van der Waals surface area (Å²) < 4.78 is 0. The highest BCUT2D eigenvalue weighted by atomic mass is 32.1. The second-order valence-electron chi connectivity index (χ2n) is 6.41. The summed E-state index contributed by atoms with van der Waals surface area (Å²) in [4.78, 5) is 20.8. The van der Waals surface area contributed by atoms with E-state index in [0.29, 0.717) is 10.7 Å². The van der Waals surface area contributed by atoms with E-state index >= 15 is 0 Å². The molecule has 26 heavy (non-hydrogen) atoms. The quantitative estimate of drug-likeness (QED) is 0.745. The van der Waals surface area contributed by atoms with Crippen LogP contribution in [-0.2, 0) is 13.0 Å². The minimum atomic E-state index is -0.108. The lowest BCUT2D eigenvalue weighted by Gasteiger charge is -2.23. The molecule has 1 aliphatic rings. The SMILES string of the molecule is CCN1CCc2nc(NC(=O)c3ccc(-c4ccccc4)cc3)sc2C1. The first-order chi connectivity index (χ1) is 12.7. The Bertz CT molecular complexity index is 903. The molecule has 4 rings (SSSR count). The van der Waals surface area contributed by atoms with Crippen molar-refractivity contribution in [2.24, 2.45) is 0 Å². The summed E-state index contributed by atoms with van der Waals surface area (Å²) in [6, 6.07) is 17.8. The van der Waals surface area contributed by atoms with Gasteiger partial charge in [0.15, 0.2) is 5.13 Å². The smallest absolute Gasteiger partial charge is 0.257 e. The Balaban J connectivity index is 1.46. The van der Waals surface area contributed by atoms with Crippen molar-refractivity contribution in [2.75, 3.05) is 18.4 Å². The van der Waals surface area contributed by atoms with Crippen LogP contribution in [0.15, 0.2) is 54.6 Å². The molecule has 1 N–H and O–H groups in total. The molecule has 0 radical (unpaired) electrons. The van der Waals surface area contributed by atoms with E-state index in [1.807, 2.05) is 42.5 Å². The normalized spacial score (nSPS) is 14.0. The second-order valence-corrected chi connectivity index (χ2v) is 7.49. The number of anilines is 1. The van der Waals surface area contributed by atoms with Gasteiger partial charge in [-0.2, -0.15) is 0 Å². The number of carbonyl (C=O) groups excluding carboxylic acids is 1. The minimum Gasteiger partial charge on any atom is -0.298 e. The Morgan fingerprint density at radius 3 is 2.58 bits per heavy atom. The van der Waals surface area contributed by atoms with Gasteiger partial charge in [-0.3, -0.25) is 15.0 Å². The van der Waals surface area contributed by atoms with Crippen molar-refractivity contribution in [2.45, 2.75) is 19.9 Å². The molecule has 0 unspecified atom stereocenters. The molecule has 1 aliphatic heterocycles. The molecule has 0 spiro atoms. The fourth-order valence-corrected chi connectivity index (χ4v) is 4.23. The van der Waals surface area contributed by atoms with Crippen LogP contribution in [0, 0.1) is 0 Å². The molecule has 3 aromatic rings. The van der Waals surface area contributed by atoms with Crippen molar-refractivity contribution in [3.05, 3.63) is 70.7 Å². The standard InChI is InChI=1S/C21H21N3OS/c1-2-24-13-12-18-19(14-24)26-21(22-18)23-20(25)17-10-8-16(9-11-17)15-6-4-3-5-7-15/h3-11H,2,12-14H2,1H3,(H,22,23,25). The van der Waals surface area contributed by atoms with E-state index in [1.54, 1.807) is 11.3 Å². The van der Waals surface area contributed by atoms with E-state index in [1.165, 1.54) is 4.88 Å². The van der Waals surface area contributed by atoms with Gasteiger partial charge < -0.3 is 0 Å². The van der Waals surface area contributed by atoms with Gasteiger partial charge in [-0.15, -0.1) is 11.3 Å². The van der Waals surface area contributed by atoms with Crippen molar-refractivity contribution in [1.82, 2.24) is 9.88 Å². The molecular weight excluding hydrogens is 342 g/mol. The molecule has 2 heterocycles. The lowest BCUT2D eigenvalue weighted by Crippen LogP contribution is -2.29. The molecule has 5 heteroatoms. The van der Waals surface area contributed by atoms with Gasteiger partial charge in [0, 0.05) is 30.0 Å². The van der Waals surface area contributed by atoms with Crippen LogP contribution in [-0.4, -0.2) is 28.9 Å². The van der Waals surface area contributed by atoms with Crippen molar-refractivity contribution in [3.8, 4) is 11.1 Å². The zero-order valence-corrected chi connectivity index (χ0v) is 15.6. The molecule has 0 atom stereocenters. The molecule has 2 aromatic carbocycles. The summed E-state index contributed by atoms with van der Waals surface area (Å²) in [5.41, 5.74) is 4.03. The van der Waals surface area contributed by atoms with Crippen LogP contribution in [0.3, 0.4) is 0 Å². The monoisotopic (exact) mass is 363 g/mol. The predicted octanol–water partition coefficient (Wildman–Crippen LogP) is 4.44. The maximum absolute atomic E-state index is 12.5.